The molecule has 0 aliphatic rings. The molecular formula is C24H17ClN2O5. The zero-order valence-electron chi connectivity index (χ0n) is 16.9. The van der Waals surface area contributed by atoms with Crippen molar-refractivity contribution in [2.24, 2.45) is 0 Å². The number of nitrogens with one attached hydrogen (secondary N) is 1. The smallest absolute Gasteiger partial charge is 0.342 e. The number of carbonyl (C=O) groups is 2. The lowest BCUT2D eigenvalue weighted by Gasteiger charge is -2.11. The van der Waals surface area contributed by atoms with E-state index in [9.17, 15) is 14.4 Å². The molecule has 0 atom stereocenters. The molecule has 2 heterocycles. The van der Waals surface area contributed by atoms with Crippen LogP contribution in [-0.4, -0.2) is 23.5 Å². The molecule has 32 heavy (non-hydrogen) atoms. The summed E-state index contributed by atoms with van der Waals surface area (Å²) in [5.41, 5.74) is 1.34. The Bertz CT molecular complexity index is 1380. The second-order valence-electron chi connectivity index (χ2n) is 6.90. The maximum Gasteiger partial charge on any atom is 0.342 e. The van der Waals surface area contributed by atoms with Crippen molar-refractivity contribution in [2.45, 2.75) is 6.92 Å². The average molecular weight is 449 g/mol. The Morgan fingerprint density at radius 3 is 2.59 bits per heavy atom. The van der Waals surface area contributed by atoms with Crippen LogP contribution in [0, 0.1) is 6.92 Å². The highest BCUT2D eigenvalue weighted by Crippen LogP contribution is 2.27. The molecule has 4 rings (SSSR count). The topological polar surface area (TPSA) is 98.5 Å². The van der Waals surface area contributed by atoms with Crippen LogP contribution in [-0.2, 0) is 9.53 Å². The Morgan fingerprint density at radius 2 is 1.84 bits per heavy atom. The van der Waals surface area contributed by atoms with Crippen molar-refractivity contribution in [1.29, 1.82) is 0 Å². The number of esters is 1. The number of pyridine rings is 1. The van der Waals surface area contributed by atoms with E-state index in [0.29, 0.717) is 22.6 Å². The first-order valence-electron chi connectivity index (χ1n) is 9.65. The number of halogens is 1. The highest BCUT2D eigenvalue weighted by molar-refractivity contribution is 6.32. The summed E-state index contributed by atoms with van der Waals surface area (Å²) in [7, 11) is 0. The van der Waals surface area contributed by atoms with Crippen LogP contribution in [0.5, 0.6) is 0 Å². The SMILES string of the molecule is Cc1c(-c2ccccc2)oc2c(C(=O)OCC(=O)Nc3cccnc3Cl)cccc2c1=O. The second-order valence-corrected chi connectivity index (χ2v) is 7.26. The van der Waals surface area contributed by atoms with Crippen molar-refractivity contribution in [3.05, 3.63) is 93.4 Å². The van der Waals surface area contributed by atoms with Gasteiger partial charge in [0, 0.05) is 17.3 Å². The number of hydrogen-bond donors (Lipinski definition) is 1. The Balaban J connectivity index is 1.62. The minimum Gasteiger partial charge on any atom is -0.455 e. The molecular weight excluding hydrogens is 432 g/mol. The van der Waals surface area contributed by atoms with E-state index in [-0.39, 0.29) is 27.1 Å². The van der Waals surface area contributed by atoms with Crippen LogP contribution in [0.2, 0.25) is 5.15 Å². The molecule has 0 fully saturated rings. The lowest BCUT2D eigenvalue weighted by Crippen LogP contribution is -2.21. The predicted molar refractivity (Wildman–Crippen MR) is 121 cm³/mol. The number of ether oxygens (including phenoxy) is 1. The summed E-state index contributed by atoms with van der Waals surface area (Å²) >= 11 is 5.91. The molecule has 8 heteroatoms. The first-order chi connectivity index (χ1) is 15.5. The minimum absolute atomic E-state index is 0.0454. The van der Waals surface area contributed by atoms with Gasteiger partial charge in [-0.25, -0.2) is 9.78 Å². The molecule has 2 aromatic heterocycles. The van der Waals surface area contributed by atoms with E-state index in [4.69, 9.17) is 20.8 Å². The van der Waals surface area contributed by atoms with Gasteiger partial charge in [0.25, 0.3) is 5.91 Å². The van der Waals surface area contributed by atoms with E-state index >= 15 is 0 Å². The van der Waals surface area contributed by atoms with Crippen molar-refractivity contribution in [1.82, 2.24) is 4.98 Å². The summed E-state index contributed by atoms with van der Waals surface area (Å²) < 4.78 is 11.2. The number of carbonyl (C=O) groups excluding carboxylic acids is 2. The third-order valence-corrected chi connectivity index (χ3v) is 5.07. The van der Waals surface area contributed by atoms with E-state index in [1.807, 2.05) is 30.3 Å². The van der Waals surface area contributed by atoms with Gasteiger partial charge >= 0.3 is 5.97 Å². The summed E-state index contributed by atoms with van der Waals surface area (Å²) in [6.07, 6.45) is 1.48. The van der Waals surface area contributed by atoms with Crippen LogP contribution in [0.25, 0.3) is 22.3 Å². The summed E-state index contributed by atoms with van der Waals surface area (Å²) in [4.78, 5) is 41.6. The van der Waals surface area contributed by atoms with Crippen LogP contribution >= 0.6 is 11.6 Å². The number of amides is 1. The van der Waals surface area contributed by atoms with Gasteiger partial charge in [-0.1, -0.05) is 48.0 Å². The molecule has 4 aromatic rings. The summed E-state index contributed by atoms with van der Waals surface area (Å²) in [5.74, 6) is -1.02. The third kappa shape index (κ3) is 4.24. The summed E-state index contributed by atoms with van der Waals surface area (Å²) in [6.45, 7) is 1.12. The molecule has 160 valence electrons. The zero-order valence-corrected chi connectivity index (χ0v) is 17.7. The molecule has 2 aromatic carbocycles. The quantitative estimate of drug-likeness (QED) is 0.353. The predicted octanol–water partition coefficient (Wildman–Crippen LogP) is 4.61. The molecule has 0 spiro atoms. The van der Waals surface area contributed by atoms with E-state index in [0.717, 1.165) is 0 Å². The Hall–Kier alpha value is -3.97. The highest BCUT2D eigenvalue weighted by Gasteiger charge is 2.20. The number of hydrogen-bond acceptors (Lipinski definition) is 6. The monoisotopic (exact) mass is 448 g/mol. The Labute approximate surface area is 187 Å². The average Bonchev–Trinajstić information content (AvgIpc) is 2.81. The fourth-order valence-electron chi connectivity index (χ4n) is 3.21. The molecule has 7 nitrogen and oxygen atoms in total. The number of rotatable bonds is 5. The molecule has 1 amide bonds. The van der Waals surface area contributed by atoms with E-state index in [1.165, 1.54) is 12.3 Å². The van der Waals surface area contributed by atoms with Gasteiger partial charge in [0.2, 0.25) is 0 Å². The van der Waals surface area contributed by atoms with Crippen LogP contribution in [0.3, 0.4) is 0 Å². The van der Waals surface area contributed by atoms with Crippen LogP contribution in [0.4, 0.5) is 5.69 Å². The molecule has 1 N–H and O–H groups in total. The van der Waals surface area contributed by atoms with Crippen molar-refractivity contribution in [3.8, 4) is 11.3 Å². The van der Waals surface area contributed by atoms with Gasteiger partial charge in [0.1, 0.15) is 11.3 Å². The Morgan fingerprint density at radius 1 is 1.06 bits per heavy atom. The van der Waals surface area contributed by atoms with Crippen molar-refractivity contribution in [3.63, 3.8) is 0 Å². The Kier molecular flexibility index (Phi) is 6.00. The zero-order chi connectivity index (χ0) is 22.7. The maximum absolute atomic E-state index is 12.9. The van der Waals surface area contributed by atoms with Crippen LogP contribution < -0.4 is 10.7 Å². The molecule has 0 bridgehead atoms. The largest absolute Gasteiger partial charge is 0.455 e. The van der Waals surface area contributed by atoms with Gasteiger partial charge in [0.15, 0.2) is 22.8 Å². The number of fused-ring (bicyclic) bond motifs is 1. The molecule has 0 saturated carbocycles. The van der Waals surface area contributed by atoms with Gasteiger partial charge in [-0.05, 0) is 31.2 Å². The lowest BCUT2D eigenvalue weighted by atomic mass is 10.0. The third-order valence-electron chi connectivity index (χ3n) is 4.77. The molecule has 0 radical (unpaired) electrons. The molecule has 0 aliphatic heterocycles. The number of nitrogens with zero attached hydrogens (tertiary/aromatic N) is 1. The van der Waals surface area contributed by atoms with E-state index < -0.39 is 18.5 Å². The van der Waals surface area contributed by atoms with Crippen molar-refractivity contribution >= 4 is 40.1 Å². The fraction of sp³-hybridized carbons (Fsp3) is 0.0833. The van der Waals surface area contributed by atoms with Crippen LogP contribution in [0.1, 0.15) is 15.9 Å². The fourth-order valence-corrected chi connectivity index (χ4v) is 3.38. The van der Waals surface area contributed by atoms with Gasteiger partial charge in [-0.2, -0.15) is 0 Å². The lowest BCUT2D eigenvalue weighted by molar-refractivity contribution is -0.119. The molecule has 0 aliphatic carbocycles. The molecule has 0 unspecified atom stereocenters. The standard InChI is InChI=1S/C24H17ClN2O5/c1-14-20(29)16-9-5-10-17(22(16)32-21(14)15-7-3-2-4-8-15)24(30)31-13-19(28)27-18-11-6-12-26-23(18)25/h2-12H,13H2,1H3,(H,27,28). The first kappa shape index (κ1) is 21.3. The highest BCUT2D eigenvalue weighted by atomic mass is 35.5. The van der Waals surface area contributed by atoms with Gasteiger partial charge < -0.3 is 14.5 Å². The van der Waals surface area contributed by atoms with Gasteiger partial charge in [-0.15, -0.1) is 0 Å². The number of aromatic nitrogens is 1. The first-order valence-corrected chi connectivity index (χ1v) is 10.0. The van der Waals surface area contributed by atoms with Crippen molar-refractivity contribution < 1.29 is 18.7 Å². The van der Waals surface area contributed by atoms with Gasteiger partial charge in [0.05, 0.1) is 11.1 Å². The second kappa shape index (κ2) is 9.03. The van der Waals surface area contributed by atoms with Gasteiger partial charge in [-0.3, -0.25) is 9.59 Å². The minimum atomic E-state index is -0.797. The number of benzene rings is 2. The normalized spacial score (nSPS) is 10.7. The van der Waals surface area contributed by atoms with E-state index in [1.54, 1.807) is 31.2 Å². The van der Waals surface area contributed by atoms with Crippen molar-refractivity contribution in [2.75, 3.05) is 11.9 Å². The van der Waals surface area contributed by atoms with E-state index in [2.05, 4.69) is 10.3 Å². The molecule has 0 saturated heterocycles. The summed E-state index contributed by atoms with van der Waals surface area (Å²) in [6, 6.07) is 16.9. The van der Waals surface area contributed by atoms with Crippen LogP contribution in [0.15, 0.2) is 76.1 Å². The maximum atomic E-state index is 12.9. The number of para-hydroxylation sites is 1. The number of anilines is 1. The summed E-state index contributed by atoms with van der Waals surface area (Å²) in [5, 5.41) is 2.89.